The lowest BCUT2D eigenvalue weighted by Crippen LogP contribution is -2.43. The molecule has 7 nitrogen and oxygen atoms in total. The number of para-hydroxylation sites is 2. The predicted molar refractivity (Wildman–Crippen MR) is 113 cm³/mol. The van der Waals surface area contributed by atoms with Gasteiger partial charge in [0.2, 0.25) is 0 Å². The van der Waals surface area contributed by atoms with E-state index in [2.05, 4.69) is 5.10 Å². The molecule has 1 amide bonds. The number of halogens is 3. The number of hydrogen-bond acceptors (Lipinski definition) is 5. The zero-order valence-electron chi connectivity index (χ0n) is 18.0. The van der Waals surface area contributed by atoms with Gasteiger partial charge < -0.3 is 19.1 Å². The third-order valence-electron chi connectivity index (χ3n) is 5.20. The Labute approximate surface area is 188 Å². The van der Waals surface area contributed by atoms with Crippen molar-refractivity contribution in [2.75, 3.05) is 26.8 Å². The van der Waals surface area contributed by atoms with Crippen molar-refractivity contribution < 1.29 is 32.2 Å². The molecule has 0 N–H and O–H groups in total. The monoisotopic (exact) mass is 461 g/mol. The van der Waals surface area contributed by atoms with Crippen LogP contribution in [0.15, 0.2) is 54.7 Å². The minimum atomic E-state index is -4.49. The Hall–Kier alpha value is -3.69. The van der Waals surface area contributed by atoms with Crippen LogP contribution < -0.4 is 14.2 Å². The summed E-state index contributed by atoms with van der Waals surface area (Å²) in [5.74, 6) is 0.970. The van der Waals surface area contributed by atoms with E-state index in [1.807, 2.05) is 19.1 Å². The molecule has 4 rings (SSSR count). The first-order valence-corrected chi connectivity index (χ1v) is 10.3. The number of hydrogen-bond donors (Lipinski definition) is 0. The van der Waals surface area contributed by atoms with E-state index in [1.165, 1.54) is 35.0 Å². The molecule has 33 heavy (non-hydrogen) atoms. The van der Waals surface area contributed by atoms with Crippen molar-refractivity contribution in [2.24, 2.45) is 0 Å². The molecule has 0 radical (unpaired) electrons. The minimum absolute atomic E-state index is 0.00566. The maximum Gasteiger partial charge on any atom is 0.416 e. The third kappa shape index (κ3) is 4.74. The Morgan fingerprint density at radius 2 is 1.97 bits per heavy atom. The van der Waals surface area contributed by atoms with E-state index in [1.54, 1.807) is 12.1 Å². The number of nitrogens with zero attached hydrogens (tertiary/aromatic N) is 3. The zero-order chi connectivity index (χ0) is 23.6. The van der Waals surface area contributed by atoms with Crippen LogP contribution >= 0.6 is 0 Å². The molecule has 1 aliphatic rings. The molecule has 0 saturated heterocycles. The highest BCUT2D eigenvalue weighted by Gasteiger charge is 2.31. The van der Waals surface area contributed by atoms with Gasteiger partial charge in [0, 0.05) is 6.54 Å². The number of amides is 1. The van der Waals surface area contributed by atoms with Gasteiger partial charge >= 0.3 is 6.18 Å². The van der Waals surface area contributed by atoms with Crippen LogP contribution in [0.5, 0.6) is 17.2 Å². The quantitative estimate of drug-likeness (QED) is 0.551. The second-order valence-corrected chi connectivity index (χ2v) is 7.38. The van der Waals surface area contributed by atoms with Gasteiger partial charge in [-0.05, 0) is 37.3 Å². The van der Waals surface area contributed by atoms with Gasteiger partial charge in [-0.15, -0.1) is 0 Å². The van der Waals surface area contributed by atoms with E-state index in [0.717, 1.165) is 12.1 Å². The summed E-state index contributed by atoms with van der Waals surface area (Å²) >= 11 is 0. The van der Waals surface area contributed by atoms with Gasteiger partial charge in [0.05, 0.1) is 31.1 Å². The maximum atomic E-state index is 13.2. The van der Waals surface area contributed by atoms with Crippen molar-refractivity contribution in [3.63, 3.8) is 0 Å². The summed E-state index contributed by atoms with van der Waals surface area (Å²) in [5, 5.41) is 4.23. The van der Waals surface area contributed by atoms with E-state index < -0.39 is 17.6 Å². The lowest BCUT2D eigenvalue weighted by atomic mass is 10.2. The van der Waals surface area contributed by atoms with Crippen LogP contribution in [-0.4, -0.2) is 53.5 Å². The smallest absolute Gasteiger partial charge is 0.416 e. The van der Waals surface area contributed by atoms with Gasteiger partial charge in [-0.2, -0.15) is 18.3 Å². The zero-order valence-corrected chi connectivity index (χ0v) is 18.0. The van der Waals surface area contributed by atoms with Gasteiger partial charge in [-0.1, -0.05) is 18.2 Å². The van der Waals surface area contributed by atoms with Gasteiger partial charge in [0.15, 0.2) is 29.0 Å². The molecule has 0 bridgehead atoms. The molecule has 10 heteroatoms. The molecular formula is C23H22F3N3O4. The summed E-state index contributed by atoms with van der Waals surface area (Å²) in [6.07, 6.45) is -3.50. The summed E-state index contributed by atoms with van der Waals surface area (Å²) in [7, 11) is 1.37. The largest absolute Gasteiger partial charge is 0.493 e. The molecule has 1 aromatic heterocycles. The number of carbonyl (C=O) groups is 1. The van der Waals surface area contributed by atoms with Crippen molar-refractivity contribution in [1.82, 2.24) is 14.7 Å². The second-order valence-electron chi connectivity index (χ2n) is 7.38. The third-order valence-corrected chi connectivity index (χ3v) is 5.20. The topological polar surface area (TPSA) is 65.8 Å². The molecule has 0 spiro atoms. The normalized spacial score (nSPS) is 15.2. The van der Waals surface area contributed by atoms with E-state index in [4.69, 9.17) is 14.2 Å². The lowest BCUT2D eigenvalue weighted by Gasteiger charge is -2.30. The van der Waals surface area contributed by atoms with Crippen LogP contribution in [-0.2, 0) is 6.18 Å². The number of ether oxygens (including phenoxy) is 3. The number of aromatic nitrogens is 2. The molecular weight excluding hydrogens is 439 g/mol. The van der Waals surface area contributed by atoms with E-state index in [-0.39, 0.29) is 36.4 Å². The average Bonchev–Trinajstić information content (AvgIpc) is 3.26. The molecule has 3 aromatic rings. The van der Waals surface area contributed by atoms with Crippen LogP contribution in [0, 0.1) is 0 Å². The van der Waals surface area contributed by atoms with Gasteiger partial charge in [-0.3, -0.25) is 4.79 Å². The molecule has 2 heterocycles. The number of benzene rings is 2. The van der Waals surface area contributed by atoms with E-state index in [0.29, 0.717) is 18.0 Å². The maximum absolute atomic E-state index is 13.2. The molecule has 1 unspecified atom stereocenters. The average molecular weight is 461 g/mol. The first-order chi connectivity index (χ1) is 15.8. The highest BCUT2D eigenvalue weighted by atomic mass is 19.4. The highest BCUT2D eigenvalue weighted by molar-refractivity contribution is 5.95. The van der Waals surface area contributed by atoms with Crippen LogP contribution in [0.4, 0.5) is 13.2 Å². The highest BCUT2D eigenvalue weighted by Crippen LogP contribution is 2.32. The molecule has 0 fully saturated rings. The fourth-order valence-electron chi connectivity index (χ4n) is 3.52. The lowest BCUT2D eigenvalue weighted by molar-refractivity contribution is -0.137. The minimum Gasteiger partial charge on any atom is -0.493 e. The Bertz CT molecular complexity index is 1150. The van der Waals surface area contributed by atoms with E-state index >= 15 is 0 Å². The van der Waals surface area contributed by atoms with Crippen LogP contribution in [0.3, 0.4) is 0 Å². The molecule has 0 aliphatic carbocycles. The number of rotatable bonds is 6. The number of likely N-dealkylation sites (N-methyl/N-ethyl adjacent to an activating group) is 1. The van der Waals surface area contributed by atoms with Crippen molar-refractivity contribution in [1.29, 1.82) is 0 Å². The molecule has 1 atom stereocenters. The second kappa shape index (κ2) is 9.05. The summed E-state index contributed by atoms with van der Waals surface area (Å²) < 4.78 is 57.4. The standard InChI is InChI=1S/C23H22F3N3O4/c1-3-28(12-17-14-32-18-9-4-5-10-19(18)33-17)22(30)21-20(31-2)13-29(27-21)16-8-6-7-15(11-16)23(24,25)26/h4-11,13,17H,3,12,14H2,1-2H3. The van der Waals surface area contributed by atoms with Crippen LogP contribution in [0.2, 0.25) is 0 Å². The molecule has 174 valence electrons. The van der Waals surface area contributed by atoms with Gasteiger partial charge in [0.1, 0.15) is 6.61 Å². The number of carbonyl (C=O) groups excluding carboxylic acids is 1. The Kier molecular flexibility index (Phi) is 6.17. The van der Waals surface area contributed by atoms with Crippen molar-refractivity contribution in [3.8, 4) is 22.9 Å². The first-order valence-electron chi connectivity index (χ1n) is 10.3. The Morgan fingerprint density at radius 1 is 1.21 bits per heavy atom. The summed E-state index contributed by atoms with van der Waals surface area (Å²) in [6.45, 7) is 2.69. The summed E-state index contributed by atoms with van der Waals surface area (Å²) in [5.41, 5.74) is -0.660. The van der Waals surface area contributed by atoms with Crippen LogP contribution in [0.25, 0.3) is 5.69 Å². The fraction of sp³-hybridized carbons (Fsp3) is 0.304. The summed E-state index contributed by atoms with van der Waals surface area (Å²) in [6, 6.07) is 12.0. The number of methoxy groups -OCH3 is 1. The van der Waals surface area contributed by atoms with Gasteiger partial charge in [0.25, 0.3) is 5.91 Å². The predicted octanol–water partition coefficient (Wildman–Crippen LogP) is 4.20. The number of alkyl halides is 3. The van der Waals surface area contributed by atoms with Crippen molar-refractivity contribution >= 4 is 5.91 Å². The molecule has 0 saturated carbocycles. The SMILES string of the molecule is CCN(CC1COc2ccccc2O1)C(=O)c1nn(-c2cccc(C(F)(F)F)c2)cc1OC. The van der Waals surface area contributed by atoms with E-state index in [9.17, 15) is 18.0 Å². The summed E-state index contributed by atoms with van der Waals surface area (Å²) in [4.78, 5) is 14.8. The van der Waals surface area contributed by atoms with Crippen molar-refractivity contribution in [2.45, 2.75) is 19.2 Å². The van der Waals surface area contributed by atoms with Crippen molar-refractivity contribution in [3.05, 3.63) is 66.0 Å². The van der Waals surface area contributed by atoms with Gasteiger partial charge in [-0.25, -0.2) is 4.68 Å². The molecule has 1 aliphatic heterocycles. The number of fused-ring (bicyclic) bond motifs is 1. The Balaban J connectivity index is 1.55. The Morgan fingerprint density at radius 3 is 2.67 bits per heavy atom. The first kappa shape index (κ1) is 22.5. The molecule has 2 aromatic carbocycles. The van der Waals surface area contributed by atoms with Crippen LogP contribution in [0.1, 0.15) is 23.0 Å². The fourth-order valence-corrected chi connectivity index (χ4v) is 3.52.